The van der Waals surface area contributed by atoms with Gasteiger partial charge in [0.25, 0.3) is 0 Å². The zero-order valence-corrected chi connectivity index (χ0v) is 16.0. The van der Waals surface area contributed by atoms with Crippen LogP contribution in [-0.2, 0) is 14.2 Å². The fraction of sp³-hybridized carbons (Fsp3) is 1.00. The lowest BCUT2D eigenvalue weighted by molar-refractivity contribution is -0.392. The normalized spacial score (nSPS) is 16.3. The van der Waals surface area contributed by atoms with Gasteiger partial charge in [-0.05, 0) is 31.7 Å². The molecule has 0 spiro atoms. The third-order valence-corrected chi connectivity index (χ3v) is 5.05. The fourth-order valence-electron chi connectivity index (χ4n) is 3.64. The summed E-state index contributed by atoms with van der Waals surface area (Å²) >= 11 is 0. The second kappa shape index (κ2) is 12.2. The summed E-state index contributed by atoms with van der Waals surface area (Å²) in [4.78, 5) is 0. The SMILES string of the molecule is CCCCCCCC(CC)C(N)(CCCN)C(OC)(OC)OC. The quantitative estimate of drug-likeness (QED) is 0.355. The molecule has 0 fully saturated rings. The van der Waals surface area contributed by atoms with Crippen LogP contribution in [0.15, 0.2) is 0 Å². The topological polar surface area (TPSA) is 79.7 Å². The van der Waals surface area contributed by atoms with Gasteiger partial charge in [0.05, 0.1) is 0 Å². The number of hydrogen-bond donors (Lipinski definition) is 2. The summed E-state index contributed by atoms with van der Waals surface area (Å²) in [5.41, 5.74) is 11.9. The lowest BCUT2D eigenvalue weighted by atomic mass is 9.74. The van der Waals surface area contributed by atoms with Crippen LogP contribution in [0.1, 0.15) is 71.6 Å². The van der Waals surface area contributed by atoms with Crippen molar-refractivity contribution in [3.8, 4) is 0 Å². The Labute approximate surface area is 143 Å². The molecular formula is C18H40N2O3. The van der Waals surface area contributed by atoms with Gasteiger partial charge in [0.2, 0.25) is 0 Å². The van der Waals surface area contributed by atoms with Gasteiger partial charge in [-0.15, -0.1) is 0 Å². The molecule has 2 unspecified atom stereocenters. The number of methoxy groups -OCH3 is 3. The van der Waals surface area contributed by atoms with Crippen LogP contribution < -0.4 is 11.5 Å². The molecule has 140 valence electrons. The van der Waals surface area contributed by atoms with Gasteiger partial charge in [-0.1, -0.05) is 52.4 Å². The highest BCUT2D eigenvalue weighted by Gasteiger charge is 2.54. The minimum Gasteiger partial charge on any atom is -0.330 e. The maximum Gasteiger partial charge on any atom is 0.301 e. The molecule has 5 heteroatoms. The molecule has 0 aromatic carbocycles. The van der Waals surface area contributed by atoms with E-state index in [0.29, 0.717) is 13.0 Å². The van der Waals surface area contributed by atoms with Gasteiger partial charge in [-0.2, -0.15) is 0 Å². The van der Waals surface area contributed by atoms with Crippen molar-refractivity contribution in [1.29, 1.82) is 0 Å². The van der Waals surface area contributed by atoms with Gasteiger partial charge in [-0.25, -0.2) is 0 Å². The van der Waals surface area contributed by atoms with Crippen molar-refractivity contribution in [2.24, 2.45) is 17.4 Å². The van der Waals surface area contributed by atoms with E-state index < -0.39 is 11.5 Å². The second-order valence-electron chi connectivity index (χ2n) is 6.41. The van der Waals surface area contributed by atoms with E-state index in [1.807, 2.05) is 0 Å². The largest absolute Gasteiger partial charge is 0.330 e. The molecule has 0 saturated heterocycles. The van der Waals surface area contributed by atoms with Crippen LogP contribution in [0.3, 0.4) is 0 Å². The number of nitrogens with two attached hydrogens (primary N) is 2. The van der Waals surface area contributed by atoms with Crippen molar-refractivity contribution in [3.05, 3.63) is 0 Å². The summed E-state index contributed by atoms with van der Waals surface area (Å²) < 4.78 is 16.8. The van der Waals surface area contributed by atoms with E-state index in [9.17, 15) is 0 Å². The lowest BCUT2D eigenvalue weighted by Gasteiger charge is -2.48. The van der Waals surface area contributed by atoms with Crippen LogP contribution in [0.4, 0.5) is 0 Å². The molecule has 0 aliphatic heterocycles. The van der Waals surface area contributed by atoms with Crippen molar-refractivity contribution < 1.29 is 14.2 Å². The molecule has 0 heterocycles. The molecule has 2 atom stereocenters. The Balaban J connectivity index is 5.13. The lowest BCUT2D eigenvalue weighted by Crippen LogP contribution is -2.67. The molecule has 0 aliphatic rings. The van der Waals surface area contributed by atoms with E-state index in [4.69, 9.17) is 25.7 Å². The molecule has 0 aromatic heterocycles. The van der Waals surface area contributed by atoms with E-state index in [0.717, 1.165) is 19.3 Å². The van der Waals surface area contributed by atoms with Crippen molar-refractivity contribution >= 4 is 0 Å². The first-order valence-electron chi connectivity index (χ1n) is 9.16. The summed E-state index contributed by atoms with van der Waals surface area (Å²) in [6, 6.07) is 0. The van der Waals surface area contributed by atoms with E-state index in [1.54, 1.807) is 21.3 Å². The number of unbranched alkanes of at least 4 members (excludes halogenated alkanes) is 4. The van der Waals surface area contributed by atoms with E-state index in [-0.39, 0.29) is 5.92 Å². The van der Waals surface area contributed by atoms with Gasteiger partial charge < -0.3 is 25.7 Å². The Hall–Kier alpha value is -0.200. The van der Waals surface area contributed by atoms with Crippen molar-refractivity contribution in [3.63, 3.8) is 0 Å². The summed E-state index contributed by atoms with van der Waals surface area (Å²) in [6.45, 7) is 5.00. The summed E-state index contributed by atoms with van der Waals surface area (Å²) in [7, 11) is 4.76. The predicted molar refractivity (Wildman–Crippen MR) is 96.1 cm³/mol. The van der Waals surface area contributed by atoms with Gasteiger partial charge in [0.15, 0.2) is 0 Å². The Morgan fingerprint density at radius 3 is 1.87 bits per heavy atom. The van der Waals surface area contributed by atoms with Crippen LogP contribution >= 0.6 is 0 Å². The van der Waals surface area contributed by atoms with Gasteiger partial charge in [0, 0.05) is 21.3 Å². The van der Waals surface area contributed by atoms with Gasteiger partial charge in [0.1, 0.15) is 5.54 Å². The van der Waals surface area contributed by atoms with Gasteiger partial charge in [-0.3, -0.25) is 0 Å². The minimum atomic E-state index is -1.23. The van der Waals surface area contributed by atoms with Crippen LogP contribution in [0.2, 0.25) is 0 Å². The average Bonchev–Trinajstić information content (AvgIpc) is 2.58. The molecule has 23 heavy (non-hydrogen) atoms. The molecule has 0 amide bonds. The third-order valence-electron chi connectivity index (χ3n) is 5.05. The number of rotatable bonds is 15. The van der Waals surface area contributed by atoms with E-state index in [2.05, 4.69) is 13.8 Å². The zero-order chi connectivity index (χ0) is 17.8. The second-order valence-corrected chi connectivity index (χ2v) is 6.41. The Morgan fingerprint density at radius 1 is 0.870 bits per heavy atom. The highest BCUT2D eigenvalue weighted by Crippen LogP contribution is 2.40. The first-order chi connectivity index (χ1) is 11.0. The molecule has 0 bridgehead atoms. The molecular weight excluding hydrogens is 292 g/mol. The molecule has 0 saturated carbocycles. The zero-order valence-electron chi connectivity index (χ0n) is 16.0. The van der Waals surface area contributed by atoms with Crippen LogP contribution in [0.25, 0.3) is 0 Å². The van der Waals surface area contributed by atoms with E-state index >= 15 is 0 Å². The van der Waals surface area contributed by atoms with Gasteiger partial charge >= 0.3 is 5.97 Å². The highest BCUT2D eigenvalue weighted by atomic mass is 16.9. The maximum atomic E-state index is 6.86. The van der Waals surface area contributed by atoms with Crippen LogP contribution in [0, 0.1) is 5.92 Å². The summed E-state index contributed by atoms with van der Waals surface area (Å²) in [6.07, 6.45) is 9.82. The summed E-state index contributed by atoms with van der Waals surface area (Å²) in [5.74, 6) is -0.970. The third kappa shape index (κ3) is 5.98. The van der Waals surface area contributed by atoms with Crippen molar-refractivity contribution in [1.82, 2.24) is 0 Å². The maximum absolute atomic E-state index is 6.86. The van der Waals surface area contributed by atoms with E-state index in [1.165, 1.54) is 32.1 Å². The first kappa shape index (κ1) is 22.8. The molecule has 4 N–H and O–H groups in total. The summed E-state index contributed by atoms with van der Waals surface area (Å²) in [5, 5.41) is 0. The Bertz CT molecular complexity index is 277. The minimum absolute atomic E-state index is 0.260. The highest BCUT2D eigenvalue weighted by molar-refractivity contribution is 4.99. The fourth-order valence-corrected chi connectivity index (χ4v) is 3.64. The molecule has 0 rings (SSSR count). The molecule has 0 radical (unpaired) electrons. The molecule has 0 aliphatic carbocycles. The molecule has 0 aromatic rings. The number of ether oxygens (including phenoxy) is 3. The van der Waals surface area contributed by atoms with Crippen molar-refractivity contribution in [2.45, 2.75) is 83.1 Å². The van der Waals surface area contributed by atoms with Crippen molar-refractivity contribution in [2.75, 3.05) is 27.9 Å². The average molecular weight is 333 g/mol. The van der Waals surface area contributed by atoms with Crippen LogP contribution in [0.5, 0.6) is 0 Å². The Kier molecular flexibility index (Phi) is 12.1. The molecule has 5 nitrogen and oxygen atoms in total. The standard InChI is InChI=1S/C18H40N2O3/c1-6-8-9-10-11-13-16(7-2)17(20,14-12-15-19)18(21-3,22-4)23-5/h16H,6-15,19-20H2,1-5H3. The number of hydrogen-bond acceptors (Lipinski definition) is 5. The smallest absolute Gasteiger partial charge is 0.301 e. The van der Waals surface area contributed by atoms with Crippen LogP contribution in [-0.4, -0.2) is 39.4 Å². The first-order valence-corrected chi connectivity index (χ1v) is 9.16. The predicted octanol–water partition coefficient (Wildman–Crippen LogP) is 3.40. The Morgan fingerprint density at radius 2 is 1.43 bits per heavy atom. The monoisotopic (exact) mass is 332 g/mol.